The van der Waals surface area contributed by atoms with Gasteiger partial charge in [0.1, 0.15) is 17.2 Å². The predicted octanol–water partition coefficient (Wildman–Crippen LogP) is 5.40. The summed E-state index contributed by atoms with van der Waals surface area (Å²) in [6, 6.07) is 19.8. The number of nitrogens with one attached hydrogen (secondary N) is 2. The summed E-state index contributed by atoms with van der Waals surface area (Å²) in [5.41, 5.74) is 3.32. The second-order valence-corrected chi connectivity index (χ2v) is 8.23. The first-order valence-electron chi connectivity index (χ1n) is 11.6. The van der Waals surface area contributed by atoms with Crippen molar-refractivity contribution in [2.24, 2.45) is 0 Å². The van der Waals surface area contributed by atoms with Gasteiger partial charge in [-0.15, -0.1) is 0 Å². The van der Waals surface area contributed by atoms with Crippen LogP contribution in [0.15, 0.2) is 66.7 Å². The molecule has 3 aromatic carbocycles. The van der Waals surface area contributed by atoms with Gasteiger partial charge in [-0.25, -0.2) is 0 Å². The predicted molar refractivity (Wildman–Crippen MR) is 137 cm³/mol. The Morgan fingerprint density at radius 1 is 0.750 bits per heavy atom. The lowest BCUT2D eigenvalue weighted by atomic mass is 10.1. The summed E-state index contributed by atoms with van der Waals surface area (Å²) in [7, 11) is 1.60. The van der Waals surface area contributed by atoms with E-state index in [0.29, 0.717) is 29.3 Å². The van der Waals surface area contributed by atoms with Gasteiger partial charge in [-0.3, -0.25) is 14.4 Å². The first kappa shape index (κ1) is 26.3. The number of carbonyl (C=O) groups excluding carboxylic acids is 3. The fourth-order valence-corrected chi connectivity index (χ4v) is 3.36. The molecule has 0 aliphatic heterocycles. The van der Waals surface area contributed by atoms with E-state index in [0.717, 1.165) is 16.9 Å². The van der Waals surface area contributed by atoms with Crippen LogP contribution in [-0.2, 0) is 19.1 Å². The highest BCUT2D eigenvalue weighted by Crippen LogP contribution is 2.25. The molecule has 0 spiro atoms. The van der Waals surface area contributed by atoms with Gasteiger partial charge in [0.25, 0.3) is 5.91 Å². The number of hydrogen-bond donors (Lipinski definition) is 2. The molecule has 0 saturated carbocycles. The van der Waals surface area contributed by atoms with E-state index in [1.165, 1.54) is 0 Å². The summed E-state index contributed by atoms with van der Waals surface area (Å²) in [5.74, 6) is 0.877. The molecule has 0 fully saturated rings. The number of hydrogen-bond acceptors (Lipinski definition) is 6. The van der Waals surface area contributed by atoms with Crippen LogP contribution in [0.25, 0.3) is 0 Å². The lowest BCUT2D eigenvalue weighted by Gasteiger charge is -2.10. The van der Waals surface area contributed by atoms with Crippen LogP contribution in [0.1, 0.15) is 30.4 Å². The molecule has 0 heterocycles. The topological polar surface area (TPSA) is 103 Å². The Hall–Kier alpha value is -4.33. The molecule has 0 aromatic heterocycles. The van der Waals surface area contributed by atoms with Crippen LogP contribution in [0, 0.1) is 13.8 Å². The molecule has 0 unspecified atom stereocenters. The van der Waals surface area contributed by atoms with Crippen LogP contribution in [-0.4, -0.2) is 31.5 Å². The van der Waals surface area contributed by atoms with Crippen LogP contribution >= 0.6 is 0 Å². The Morgan fingerprint density at radius 2 is 1.39 bits per heavy atom. The summed E-state index contributed by atoms with van der Waals surface area (Å²) < 4.78 is 15.9. The molecule has 188 valence electrons. The van der Waals surface area contributed by atoms with Crippen molar-refractivity contribution < 1.29 is 28.6 Å². The molecule has 0 aliphatic carbocycles. The zero-order valence-corrected chi connectivity index (χ0v) is 20.6. The molecule has 0 saturated heterocycles. The molecule has 2 N–H and O–H groups in total. The molecule has 8 nitrogen and oxygen atoms in total. The molecule has 0 radical (unpaired) electrons. The monoisotopic (exact) mass is 490 g/mol. The van der Waals surface area contributed by atoms with E-state index in [-0.39, 0.29) is 25.4 Å². The Morgan fingerprint density at radius 3 is 2.03 bits per heavy atom. The van der Waals surface area contributed by atoms with Crippen LogP contribution in [0.2, 0.25) is 0 Å². The van der Waals surface area contributed by atoms with Crippen molar-refractivity contribution in [3.05, 3.63) is 77.9 Å². The Bertz CT molecular complexity index is 1190. The van der Waals surface area contributed by atoms with Crippen molar-refractivity contribution in [2.75, 3.05) is 24.4 Å². The number of methoxy groups -OCH3 is 1. The minimum absolute atomic E-state index is 0.0406. The average Bonchev–Trinajstić information content (AvgIpc) is 2.86. The summed E-state index contributed by atoms with van der Waals surface area (Å²) >= 11 is 0. The molecule has 0 atom stereocenters. The maximum absolute atomic E-state index is 12.2. The zero-order valence-electron chi connectivity index (χ0n) is 20.6. The van der Waals surface area contributed by atoms with E-state index < -0.39 is 11.9 Å². The highest BCUT2D eigenvalue weighted by molar-refractivity contribution is 5.93. The molecule has 0 aliphatic rings. The zero-order chi connectivity index (χ0) is 25.9. The molecule has 0 bridgehead atoms. The van der Waals surface area contributed by atoms with E-state index in [9.17, 15) is 14.4 Å². The molecular weight excluding hydrogens is 460 g/mol. The number of rotatable bonds is 11. The van der Waals surface area contributed by atoms with E-state index in [4.69, 9.17) is 14.2 Å². The van der Waals surface area contributed by atoms with Gasteiger partial charge in [-0.2, -0.15) is 0 Å². The highest BCUT2D eigenvalue weighted by atomic mass is 16.5. The van der Waals surface area contributed by atoms with Crippen molar-refractivity contribution in [3.8, 4) is 17.2 Å². The van der Waals surface area contributed by atoms with Gasteiger partial charge in [0, 0.05) is 24.2 Å². The van der Waals surface area contributed by atoms with E-state index in [1.54, 1.807) is 55.6 Å². The molecule has 2 amide bonds. The van der Waals surface area contributed by atoms with Crippen LogP contribution in [0.4, 0.5) is 11.4 Å². The van der Waals surface area contributed by atoms with E-state index in [2.05, 4.69) is 10.6 Å². The number of aryl methyl sites for hydroxylation is 2. The maximum atomic E-state index is 12.2. The number of amides is 2. The molecule has 36 heavy (non-hydrogen) atoms. The summed E-state index contributed by atoms with van der Waals surface area (Å²) in [6.07, 6.45) is 0.495. The Labute approximate surface area is 210 Å². The number of benzene rings is 3. The third kappa shape index (κ3) is 8.47. The normalized spacial score (nSPS) is 10.3. The number of esters is 1. The second-order valence-electron chi connectivity index (χ2n) is 8.23. The maximum Gasteiger partial charge on any atom is 0.306 e. The SMILES string of the molecule is COc1ccc(Oc2ccc(NC(=O)CCCC(=O)OCC(=O)Nc3ccc(C)cc3C)cc2)cc1. The molecule has 3 rings (SSSR count). The Balaban J connectivity index is 1.33. The largest absolute Gasteiger partial charge is 0.497 e. The summed E-state index contributed by atoms with van der Waals surface area (Å²) in [5, 5.41) is 5.50. The van der Waals surface area contributed by atoms with E-state index in [1.807, 2.05) is 32.0 Å². The first-order chi connectivity index (χ1) is 17.3. The quantitative estimate of drug-likeness (QED) is 0.349. The summed E-state index contributed by atoms with van der Waals surface area (Å²) in [6.45, 7) is 3.49. The Kier molecular flexibility index (Phi) is 9.45. The fraction of sp³-hybridized carbons (Fsp3) is 0.250. The molecule has 8 heteroatoms. The second kappa shape index (κ2) is 12.9. The van der Waals surface area contributed by atoms with Gasteiger partial charge in [0.2, 0.25) is 5.91 Å². The van der Waals surface area contributed by atoms with Crippen molar-refractivity contribution in [1.82, 2.24) is 0 Å². The van der Waals surface area contributed by atoms with Crippen molar-refractivity contribution in [3.63, 3.8) is 0 Å². The lowest BCUT2D eigenvalue weighted by Crippen LogP contribution is -2.21. The first-order valence-corrected chi connectivity index (χ1v) is 11.6. The van der Waals surface area contributed by atoms with Crippen molar-refractivity contribution in [2.45, 2.75) is 33.1 Å². The lowest BCUT2D eigenvalue weighted by molar-refractivity contribution is -0.147. The van der Waals surface area contributed by atoms with Gasteiger partial charge in [-0.05, 0) is 80.4 Å². The van der Waals surface area contributed by atoms with Crippen LogP contribution in [0.3, 0.4) is 0 Å². The van der Waals surface area contributed by atoms with Gasteiger partial charge < -0.3 is 24.8 Å². The van der Waals surface area contributed by atoms with Crippen LogP contribution < -0.4 is 20.1 Å². The number of anilines is 2. The summed E-state index contributed by atoms with van der Waals surface area (Å²) in [4.78, 5) is 36.1. The smallest absolute Gasteiger partial charge is 0.306 e. The standard InChI is InChI=1S/C28H30N2O6/c1-19-7-16-25(20(2)17-19)30-27(32)18-35-28(33)6-4-5-26(31)29-21-8-10-23(11-9-21)36-24-14-12-22(34-3)13-15-24/h7-17H,4-6,18H2,1-3H3,(H,29,31)(H,30,32). The van der Waals surface area contributed by atoms with Gasteiger partial charge >= 0.3 is 5.97 Å². The third-order valence-electron chi connectivity index (χ3n) is 5.24. The molecular formula is C28H30N2O6. The minimum atomic E-state index is -0.529. The van der Waals surface area contributed by atoms with Crippen LogP contribution in [0.5, 0.6) is 17.2 Å². The number of carbonyl (C=O) groups is 3. The minimum Gasteiger partial charge on any atom is -0.497 e. The number of ether oxygens (including phenoxy) is 3. The van der Waals surface area contributed by atoms with Crippen molar-refractivity contribution in [1.29, 1.82) is 0 Å². The van der Waals surface area contributed by atoms with Gasteiger partial charge in [0.15, 0.2) is 6.61 Å². The van der Waals surface area contributed by atoms with Gasteiger partial charge in [0.05, 0.1) is 7.11 Å². The highest BCUT2D eigenvalue weighted by Gasteiger charge is 2.11. The third-order valence-corrected chi connectivity index (χ3v) is 5.24. The fourth-order valence-electron chi connectivity index (χ4n) is 3.36. The molecule has 3 aromatic rings. The van der Waals surface area contributed by atoms with Crippen molar-refractivity contribution >= 4 is 29.2 Å². The van der Waals surface area contributed by atoms with E-state index >= 15 is 0 Å². The average molecular weight is 491 g/mol. The van der Waals surface area contributed by atoms with Gasteiger partial charge in [-0.1, -0.05) is 17.7 Å².